The van der Waals surface area contributed by atoms with E-state index in [-0.39, 0.29) is 10.7 Å². The van der Waals surface area contributed by atoms with E-state index >= 15 is 0 Å². The van der Waals surface area contributed by atoms with Crippen molar-refractivity contribution in [3.63, 3.8) is 0 Å². The minimum Gasteiger partial charge on any atom is -0.335 e. The van der Waals surface area contributed by atoms with E-state index in [1.54, 1.807) is 11.3 Å². The molecule has 0 aliphatic carbocycles. The molecule has 1 aliphatic heterocycles. The first-order chi connectivity index (χ1) is 7.16. The molecule has 1 saturated heterocycles. The zero-order chi connectivity index (χ0) is 10.8. The molecule has 0 bridgehead atoms. The summed E-state index contributed by atoms with van der Waals surface area (Å²) in [6.07, 6.45) is 2.03. The van der Waals surface area contributed by atoms with E-state index in [0.29, 0.717) is 6.54 Å². The Bertz CT molecular complexity index is 366. The molecule has 5 heteroatoms. The second-order valence-corrected chi connectivity index (χ2v) is 5.80. The number of nitrogens with zero attached hydrogens (tertiary/aromatic N) is 2. The molecule has 2 rings (SSSR count). The molecule has 15 heavy (non-hydrogen) atoms. The van der Waals surface area contributed by atoms with E-state index in [9.17, 15) is 4.79 Å². The van der Waals surface area contributed by atoms with Crippen molar-refractivity contribution >= 4 is 33.2 Å². The first-order valence-electron chi connectivity index (χ1n) is 5.00. The Morgan fingerprint density at radius 3 is 3.20 bits per heavy atom. The van der Waals surface area contributed by atoms with Crippen molar-refractivity contribution in [2.75, 3.05) is 6.54 Å². The maximum Gasteiger partial charge on any atom is 0.236 e. The molecule has 0 radical (unpaired) electrons. The lowest BCUT2D eigenvalue weighted by atomic mass is 10.1. The first-order valence-corrected chi connectivity index (χ1v) is 6.80. The number of carbonyl (C=O) groups is 1. The van der Waals surface area contributed by atoms with Gasteiger partial charge in [0, 0.05) is 17.6 Å². The number of amides is 1. The highest BCUT2D eigenvalue weighted by Crippen LogP contribution is 2.21. The lowest BCUT2D eigenvalue weighted by Crippen LogP contribution is -2.41. The van der Waals surface area contributed by atoms with Crippen LogP contribution in [0.4, 0.5) is 0 Å². The highest BCUT2D eigenvalue weighted by Gasteiger charge is 2.26. The molecule has 1 unspecified atom stereocenters. The summed E-state index contributed by atoms with van der Waals surface area (Å²) in [5, 5.41) is 3.05. The predicted molar refractivity (Wildman–Crippen MR) is 64.2 cm³/mol. The maximum atomic E-state index is 11.8. The molecule has 1 atom stereocenters. The maximum absolute atomic E-state index is 11.8. The number of piperidine rings is 1. The van der Waals surface area contributed by atoms with Crippen LogP contribution in [0.25, 0.3) is 0 Å². The molecular formula is C10H13BrN2OS. The van der Waals surface area contributed by atoms with Crippen LogP contribution in [0.2, 0.25) is 0 Å². The van der Waals surface area contributed by atoms with Crippen LogP contribution in [0.15, 0.2) is 5.38 Å². The molecule has 1 aromatic heterocycles. The lowest BCUT2D eigenvalue weighted by molar-refractivity contribution is -0.133. The van der Waals surface area contributed by atoms with Crippen LogP contribution in [-0.2, 0) is 11.3 Å². The van der Waals surface area contributed by atoms with Gasteiger partial charge in [0.05, 0.1) is 11.4 Å². The smallest absolute Gasteiger partial charge is 0.236 e. The minimum absolute atomic E-state index is 0.00677. The third kappa shape index (κ3) is 2.58. The fourth-order valence-corrected chi connectivity index (χ4v) is 3.09. The van der Waals surface area contributed by atoms with Crippen LogP contribution in [0.1, 0.15) is 23.5 Å². The number of hydrogen-bond donors (Lipinski definition) is 0. The second-order valence-electron chi connectivity index (χ2n) is 3.75. The molecule has 0 N–H and O–H groups in total. The zero-order valence-corrected chi connectivity index (χ0v) is 11.0. The number of aryl methyl sites for hydroxylation is 1. The summed E-state index contributed by atoms with van der Waals surface area (Å²) in [7, 11) is 0. The van der Waals surface area contributed by atoms with Gasteiger partial charge in [-0.1, -0.05) is 15.9 Å². The van der Waals surface area contributed by atoms with Gasteiger partial charge in [0.1, 0.15) is 5.01 Å². The Balaban J connectivity index is 2.02. The molecule has 82 valence electrons. The number of carbonyl (C=O) groups excluding carboxylic acids is 1. The Labute approximate surface area is 102 Å². The van der Waals surface area contributed by atoms with Crippen molar-refractivity contribution in [2.24, 2.45) is 0 Å². The van der Waals surface area contributed by atoms with Gasteiger partial charge in [-0.15, -0.1) is 11.3 Å². The summed E-state index contributed by atoms with van der Waals surface area (Å²) in [6.45, 7) is 3.50. The van der Waals surface area contributed by atoms with E-state index < -0.39 is 0 Å². The quantitative estimate of drug-likeness (QED) is 0.783. The zero-order valence-electron chi connectivity index (χ0n) is 8.57. The average molecular weight is 289 g/mol. The summed E-state index contributed by atoms with van der Waals surface area (Å²) in [4.78, 5) is 18.1. The van der Waals surface area contributed by atoms with Crippen molar-refractivity contribution in [3.05, 3.63) is 16.1 Å². The van der Waals surface area contributed by atoms with Gasteiger partial charge in [0.2, 0.25) is 5.91 Å². The van der Waals surface area contributed by atoms with Gasteiger partial charge >= 0.3 is 0 Å². The largest absolute Gasteiger partial charge is 0.335 e. The van der Waals surface area contributed by atoms with Crippen molar-refractivity contribution in [2.45, 2.75) is 31.1 Å². The highest BCUT2D eigenvalue weighted by atomic mass is 79.9. The number of thiazole rings is 1. The first kappa shape index (κ1) is 11.1. The standard InChI is InChI=1S/C10H13BrN2OS/c1-7-6-15-9(12-7)5-13-4-2-3-8(11)10(13)14/h6,8H,2-5H2,1H3. The van der Waals surface area contributed by atoms with E-state index in [4.69, 9.17) is 0 Å². The van der Waals surface area contributed by atoms with Crippen molar-refractivity contribution in [3.8, 4) is 0 Å². The molecule has 1 aromatic rings. The molecule has 0 aromatic carbocycles. The molecule has 3 nitrogen and oxygen atoms in total. The Morgan fingerprint density at radius 2 is 2.53 bits per heavy atom. The number of rotatable bonds is 2. The van der Waals surface area contributed by atoms with Crippen LogP contribution < -0.4 is 0 Å². The third-order valence-electron chi connectivity index (χ3n) is 2.46. The number of halogens is 1. The van der Waals surface area contributed by atoms with Crippen LogP contribution in [0.5, 0.6) is 0 Å². The molecule has 1 fully saturated rings. The van der Waals surface area contributed by atoms with Crippen molar-refractivity contribution in [1.82, 2.24) is 9.88 Å². The average Bonchev–Trinajstić information content (AvgIpc) is 2.59. The molecular weight excluding hydrogens is 276 g/mol. The topological polar surface area (TPSA) is 33.2 Å². The van der Waals surface area contributed by atoms with Gasteiger partial charge in [0.15, 0.2) is 0 Å². The number of likely N-dealkylation sites (tertiary alicyclic amines) is 1. The molecule has 1 aliphatic rings. The van der Waals surface area contributed by atoms with Gasteiger partial charge < -0.3 is 4.90 Å². The fraction of sp³-hybridized carbons (Fsp3) is 0.600. The predicted octanol–water partition coefficient (Wildman–Crippen LogP) is 2.34. The molecule has 2 heterocycles. The third-order valence-corrected chi connectivity index (χ3v) is 4.26. The summed E-state index contributed by atoms with van der Waals surface area (Å²) < 4.78 is 0. The van der Waals surface area contributed by atoms with Gasteiger partial charge in [-0.3, -0.25) is 4.79 Å². The second kappa shape index (κ2) is 4.61. The Kier molecular flexibility index (Phi) is 3.41. The number of alkyl halides is 1. The summed E-state index contributed by atoms with van der Waals surface area (Å²) in [5.41, 5.74) is 1.04. The molecule has 0 saturated carbocycles. The van der Waals surface area contributed by atoms with Gasteiger partial charge in [-0.05, 0) is 19.8 Å². The summed E-state index contributed by atoms with van der Waals surface area (Å²) in [6, 6.07) is 0. The van der Waals surface area contributed by atoms with Crippen molar-refractivity contribution < 1.29 is 4.79 Å². The normalized spacial score (nSPS) is 22.1. The van der Waals surface area contributed by atoms with Gasteiger partial charge in [-0.2, -0.15) is 0 Å². The van der Waals surface area contributed by atoms with E-state index in [1.807, 2.05) is 17.2 Å². The van der Waals surface area contributed by atoms with Gasteiger partial charge in [0.25, 0.3) is 0 Å². The van der Waals surface area contributed by atoms with E-state index in [1.165, 1.54) is 0 Å². The van der Waals surface area contributed by atoms with Crippen LogP contribution in [0, 0.1) is 6.92 Å². The minimum atomic E-state index is 0.00677. The van der Waals surface area contributed by atoms with Crippen LogP contribution in [-0.4, -0.2) is 27.2 Å². The number of hydrogen-bond acceptors (Lipinski definition) is 3. The highest BCUT2D eigenvalue weighted by molar-refractivity contribution is 9.10. The SMILES string of the molecule is Cc1csc(CN2CCCC(Br)C2=O)n1. The molecule has 1 amide bonds. The lowest BCUT2D eigenvalue weighted by Gasteiger charge is -2.28. The Morgan fingerprint density at radius 1 is 1.73 bits per heavy atom. The van der Waals surface area contributed by atoms with Gasteiger partial charge in [-0.25, -0.2) is 4.98 Å². The number of aromatic nitrogens is 1. The van der Waals surface area contributed by atoms with E-state index in [0.717, 1.165) is 30.1 Å². The summed E-state index contributed by atoms with van der Waals surface area (Å²) >= 11 is 5.03. The monoisotopic (exact) mass is 288 g/mol. The van der Waals surface area contributed by atoms with Crippen LogP contribution >= 0.6 is 27.3 Å². The van der Waals surface area contributed by atoms with Crippen molar-refractivity contribution in [1.29, 1.82) is 0 Å². The van der Waals surface area contributed by atoms with Crippen LogP contribution in [0.3, 0.4) is 0 Å². The Hall–Kier alpha value is -0.420. The summed E-state index contributed by atoms with van der Waals surface area (Å²) in [5.74, 6) is 0.203. The molecule has 0 spiro atoms. The fourth-order valence-electron chi connectivity index (χ4n) is 1.69. The van der Waals surface area contributed by atoms with E-state index in [2.05, 4.69) is 20.9 Å².